The summed E-state index contributed by atoms with van der Waals surface area (Å²) in [5.41, 5.74) is 5.35. The van der Waals surface area contributed by atoms with Crippen LogP contribution in [0.4, 0.5) is 0 Å². The predicted molar refractivity (Wildman–Crippen MR) is 67.4 cm³/mol. The molecule has 7 heteroatoms. The van der Waals surface area contributed by atoms with Gasteiger partial charge in [0.2, 0.25) is 5.91 Å². The molecule has 1 heterocycles. The van der Waals surface area contributed by atoms with Crippen LogP contribution in [-0.4, -0.2) is 33.5 Å². The molecule has 0 aliphatic rings. The summed E-state index contributed by atoms with van der Waals surface area (Å²) in [6.07, 6.45) is 1.61. The van der Waals surface area contributed by atoms with Crippen LogP contribution in [0.3, 0.4) is 0 Å². The molecule has 2 amide bonds. The van der Waals surface area contributed by atoms with Gasteiger partial charge in [0.15, 0.2) is 0 Å². The molecule has 7 nitrogen and oxygen atoms in total. The molecule has 0 bridgehead atoms. The SMILES string of the molecule is CCn1cccc1C(=O)N[C@H](CCC(N)=O)C(=O)O. The van der Waals surface area contributed by atoms with E-state index in [1.807, 2.05) is 6.92 Å². The lowest BCUT2D eigenvalue weighted by Crippen LogP contribution is -2.42. The molecule has 0 radical (unpaired) electrons. The number of carboxylic acid groups (broad SMARTS) is 1. The van der Waals surface area contributed by atoms with Crippen molar-refractivity contribution in [2.24, 2.45) is 5.73 Å². The average molecular weight is 267 g/mol. The predicted octanol–water partition coefficient (Wildman–Crippen LogP) is -0.0435. The molecular weight excluding hydrogens is 250 g/mol. The van der Waals surface area contributed by atoms with Crippen LogP contribution < -0.4 is 11.1 Å². The van der Waals surface area contributed by atoms with Crippen molar-refractivity contribution in [3.05, 3.63) is 24.0 Å². The van der Waals surface area contributed by atoms with Crippen LogP contribution in [0.15, 0.2) is 18.3 Å². The van der Waals surface area contributed by atoms with Crippen molar-refractivity contribution in [2.45, 2.75) is 32.4 Å². The summed E-state index contributed by atoms with van der Waals surface area (Å²) >= 11 is 0. The van der Waals surface area contributed by atoms with Crippen molar-refractivity contribution in [2.75, 3.05) is 0 Å². The number of aromatic nitrogens is 1. The molecule has 0 aromatic carbocycles. The monoisotopic (exact) mass is 267 g/mol. The van der Waals surface area contributed by atoms with Gasteiger partial charge in [-0.15, -0.1) is 0 Å². The molecule has 0 saturated heterocycles. The smallest absolute Gasteiger partial charge is 0.326 e. The van der Waals surface area contributed by atoms with E-state index in [9.17, 15) is 14.4 Å². The molecule has 0 unspecified atom stereocenters. The number of primary amides is 1. The van der Waals surface area contributed by atoms with Crippen LogP contribution in [0, 0.1) is 0 Å². The van der Waals surface area contributed by atoms with Crippen molar-refractivity contribution in [3.8, 4) is 0 Å². The third-order valence-electron chi connectivity index (χ3n) is 2.69. The lowest BCUT2D eigenvalue weighted by Gasteiger charge is -2.14. The molecule has 1 aromatic heterocycles. The van der Waals surface area contributed by atoms with E-state index in [1.165, 1.54) is 0 Å². The highest BCUT2D eigenvalue weighted by Crippen LogP contribution is 2.04. The van der Waals surface area contributed by atoms with Crippen molar-refractivity contribution < 1.29 is 19.5 Å². The Hall–Kier alpha value is -2.31. The second-order valence-electron chi connectivity index (χ2n) is 4.05. The molecule has 0 spiro atoms. The number of amides is 2. The highest BCUT2D eigenvalue weighted by molar-refractivity contribution is 5.95. The number of carbonyl (C=O) groups excluding carboxylic acids is 2. The van der Waals surface area contributed by atoms with Crippen molar-refractivity contribution >= 4 is 17.8 Å². The van der Waals surface area contributed by atoms with Crippen molar-refractivity contribution in [1.29, 1.82) is 0 Å². The number of nitrogens with zero attached hydrogens (tertiary/aromatic N) is 1. The summed E-state index contributed by atoms with van der Waals surface area (Å²) in [7, 11) is 0. The summed E-state index contributed by atoms with van der Waals surface area (Å²) in [6, 6.07) is 2.18. The van der Waals surface area contributed by atoms with Gasteiger partial charge in [-0.1, -0.05) is 0 Å². The van der Waals surface area contributed by atoms with E-state index in [-0.39, 0.29) is 12.8 Å². The first-order valence-corrected chi connectivity index (χ1v) is 5.92. The Morgan fingerprint density at radius 3 is 2.68 bits per heavy atom. The van der Waals surface area contributed by atoms with Crippen LogP contribution in [0.1, 0.15) is 30.3 Å². The summed E-state index contributed by atoms with van der Waals surface area (Å²) < 4.78 is 1.70. The van der Waals surface area contributed by atoms with E-state index in [4.69, 9.17) is 10.8 Å². The van der Waals surface area contributed by atoms with E-state index < -0.39 is 23.8 Å². The molecule has 1 aromatic rings. The number of hydrogen-bond donors (Lipinski definition) is 3. The number of aliphatic carboxylic acids is 1. The minimum atomic E-state index is -1.19. The summed E-state index contributed by atoms with van der Waals surface area (Å²) in [5, 5.41) is 11.4. The largest absolute Gasteiger partial charge is 0.480 e. The zero-order chi connectivity index (χ0) is 14.4. The molecule has 0 aliphatic heterocycles. The van der Waals surface area contributed by atoms with Gasteiger partial charge in [-0.25, -0.2) is 4.79 Å². The first-order valence-electron chi connectivity index (χ1n) is 5.92. The van der Waals surface area contributed by atoms with Gasteiger partial charge in [-0.3, -0.25) is 9.59 Å². The van der Waals surface area contributed by atoms with Crippen LogP contribution in [-0.2, 0) is 16.1 Å². The topological polar surface area (TPSA) is 114 Å². The van der Waals surface area contributed by atoms with Crippen molar-refractivity contribution in [1.82, 2.24) is 9.88 Å². The summed E-state index contributed by atoms with van der Waals surface area (Å²) in [4.78, 5) is 33.6. The maximum atomic E-state index is 11.9. The minimum Gasteiger partial charge on any atom is -0.480 e. The van der Waals surface area contributed by atoms with E-state index in [0.717, 1.165) is 0 Å². The minimum absolute atomic E-state index is 0.0246. The number of rotatable bonds is 7. The first-order chi connectivity index (χ1) is 8.95. The molecular formula is C12H17N3O4. The molecule has 0 aliphatic carbocycles. The normalized spacial score (nSPS) is 11.8. The quantitative estimate of drug-likeness (QED) is 0.642. The first kappa shape index (κ1) is 14.7. The molecule has 4 N–H and O–H groups in total. The summed E-state index contributed by atoms with van der Waals surface area (Å²) in [5.74, 6) is -2.27. The Bertz CT molecular complexity index is 481. The third-order valence-corrected chi connectivity index (χ3v) is 2.69. The Labute approximate surface area is 110 Å². The fourth-order valence-electron chi connectivity index (χ4n) is 1.67. The zero-order valence-corrected chi connectivity index (χ0v) is 10.6. The molecule has 1 rings (SSSR count). The maximum Gasteiger partial charge on any atom is 0.326 e. The van der Waals surface area contributed by atoms with Crippen molar-refractivity contribution in [3.63, 3.8) is 0 Å². The molecule has 104 valence electrons. The highest BCUT2D eigenvalue weighted by Gasteiger charge is 2.22. The fraction of sp³-hybridized carbons (Fsp3) is 0.417. The number of aryl methyl sites for hydroxylation is 1. The van der Waals surface area contributed by atoms with Gasteiger partial charge in [-0.2, -0.15) is 0 Å². The van der Waals surface area contributed by atoms with Gasteiger partial charge in [0.25, 0.3) is 5.91 Å². The lowest BCUT2D eigenvalue weighted by molar-refractivity contribution is -0.139. The summed E-state index contributed by atoms with van der Waals surface area (Å²) in [6.45, 7) is 2.48. The average Bonchev–Trinajstić information content (AvgIpc) is 2.81. The van der Waals surface area contributed by atoms with Gasteiger partial charge < -0.3 is 20.7 Å². The number of hydrogen-bond acceptors (Lipinski definition) is 3. The van der Waals surface area contributed by atoms with Crippen LogP contribution >= 0.6 is 0 Å². The van der Waals surface area contributed by atoms with E-state index in [0.29, 0.717) is 12.2 Å². The number of nitrogens with two attached hydrogens (primary N) is 1. The van der Waals surface area contributed by atoms with Crippen LogP contribution in [0.5, 0.6) is 0 Å². The van der Waals surface area contributed by atoms with E-state index >= 15 is 0 Å². The molecule has 0 saturated carbocycles. The van der Waals surface area contributed by atoms with Gasteiger partial charge in [0.05, 0.1) is 0 Å². The van der Waals surface area contributed by atoms with Crippen LogP contribution in [0.2, 0.25) is 0 Å². The highest BCUT2D eigenvalue weighted by atomic mass is 16.4. The van der Waals surface area contributed by atoms with Gasteiger partial charge >= 0.3 is 5.97 Å². The molecule has 0 fully saturated rings. The fourth-order valence-corrected chi connectivity index (χ4v) is 1.67. The van der Waals surface area contributed by atoms with Gasteiger partial charge in [0, 0.05) is 19.2 Å². The third kappa shape index (κ3) is 4.13. The number of nitrogens with one attached hydrogen (secondary N) is 1. The second-order valence-corrected chi connectivity index (χ2v) is 4.05. The van der Waals surface area contributed by atoms with E-state index in [2.05, 4.69) is 5.32 Å². The Morgan fingerprint density at radius 1 is 1.47 bits per heavy atom. The van der Waals surface area contributed by atoms with Gasteiger partial charge in [-0.05, 0) is 25.5 Å². The lowest BCUT2D eigenvalue weighted by atomic mass is 10.1. The maximum absolute atomic E-state index is 11.9. The second kappa shape index (κ2) is 6.58. The molecule has 1 atom stereocenters. The Morgan fingerprint density at radius 2 is 2.16 bits per heavy atom. The zero-order valence-electron chi connectivity index (χ0n) is 10.6. The van der Waals surface area contributed by atoms with Crippen LogP contribution in [0.25, 0.3) is 0 Å². The van der Waals surface area contributed by atoms with E-state index in [1.54, 1.807) is 22.9 Å². The Balaban J connectivity index is 2.71. The molecule has 19 heavy (non-hydrogen) atoms. The van der Waals surface area contributed by atoms with Gasteiger partial charge in [0.1, 0.15) is 11.7 Å². The number of carboxylic acids is 1. The number of carbonyl (C=O) groups is 3. The standard InChI is InChI=1S/C12H17N3O4/c1-2-15-7-3-4-9(15)11(17)14-8(12(18)19)5-6-10(13)16/h3-4,7-8H,2,5-6H2,1H3,(H2,13,16)(H,14,17)(H,18,19)/t8-/m1/s1. The Kier molecular flexibility index (Phi) is 5.11.